The summed E-state index contributed by atoms with van der Waals surface area (Å²) in [7, 11) is -3.01. The molecule has 1 aromatic rings. The van der Waals surface area contributed by atoms with Crippen molar-refractivity contribution >= 4 is 10.0 Å². The molecule has 0 saturated carbocycles. The summed E-state index contributed by atoms with van der Waals surface area (Å²) in [5, 5.41) is 3.51. The van der Waals surface area contributed by atoms with Crippen LogP contribution in [0.4, 0.5) is 0 Å². The molecule has 0 spiro atoms. The lowest BCUT2D eigenvalue weighted by atomic mass is 10.1. The van der Waals surface area contributed by atoms with Gasteiger partial charge < -0.3 is 5.32 Å². The summed E-state index contributed by atoms with van der Waals surface area (Å²) in [6.07, 6.45) is 1.79. The molecule has 0 bridgehead atoms. The van der Waals surface area contributed by atoms with Crippen molar-refractivity contribution in [3.63, 3.8) is 0 Å². The lowest BCUT2D eigenvalue weighted by Gasteiger charge is -2.31. The molecule has 1 aliphatic rings. The Bertz CT molecular complexity index is 479. The normalized spacial score (nSPS) is 18.6. The van der Waals surface area contributed by atoms with Crippen molar-refractivity contribution in [3.05, 3.63) is 35.9 Å². The van der Waals surface area contributed by atoms with E-state index in [1.165, 1.54) is 5.56 Å². The van der Waals surface area contributed by atoms with Gasteiger partial charge in [0.05, 0.1) is 5.75 Å². The number of sulfonamides is 1. The third kappa shape index (κ3) is 4.03. The van der Waals surface area contributed by atoms with Crippen LogP contribution in [-0.4, -0.2) is 37.6 Å². The van der Waals surface area contributed by atoms with Crippen LogP contribution in [0, 0.1) is 0 Å². The van der Waals surface area contributed by atoms with Gasteiger partial charge in [-0.1, -0.05) is 30.3 Å². The van der Waals surface area contributed by atoms with Gasteiger partial charge in [-0.25, -0.2) is 12.7 Å². The van der Waals surface area contributed by atoms with Crippen LogP contribution in [0.15, 0.2) is 30.3 Å². The molecule has 19 heavy (non-hydrogen) atoms. The second-order valence-electron chi connectivity index (χ2n) is 4.94. The van der Waals surface area contributed by atoms with Gasteiger partial charge in [-0.3, -0.25) is 0 Å². The van der Waals surface area contributed by atoms with Crippen LogP contribution in [0.1, 0.15) is 25.3 Å². The summed E-state index contributed by atoms with van der Waals surface area (Å²) in [4.78, 5) is 0. The maximum Gasteiger partial charge on any atom is 0.213 e. The molecule has 1 aromatic carbocycles. The smallest absolute Gasteiger partial charge is 0.213 e. The van der Waals surface area contributed by atoms with E-state index < -0.39 is 10.0 Å². The van der Waals surface area contributed by atoms with E-state index >= 15 is 0 Å². The first-order chi connectivity index (χ1) is 9.12. The summed E-state index contributed by atoms with van der Waals surface area (Å²) < 4.78 is 25.1. The highest BCUT2D eigenvalue weighted by Gasteiger charge is 2.26. The van der Waals surface area contributed by atoms with Crippen molar-refractivity contribution in [3.8, 4) is 0 Å². The molecule has 0 radical (unpaired) electrons. The van der Waals surface area contributed by atoms with Crippen molar-refractivity contribution in [2.75, 3.05) is 18.8 Å². The van der Waals surface area contributed by atoms with Crippen LogP contribution in [0.5, 0.6) is 0 Å². The molecule has 1 saturated heterocycles. The van der Waals surface area contributed by atoms with Gasteiger partial charge in [0.2, 0.25) is 10.0 Å². The van der Waals surface area contributed by atoms with E-state index in [2.05, 4.69) is 17.4 Å². The fourth-order valence-electron chi connectivity index (χ4n) is 2.38. The second-order valence-corrected chi connectivity index (χ2v) is 7.20. The van der Waals surface area contributed by atoms with Crippen molar-refractivity contribution in [2.45, 2.75) is 32.4 Å². The average Bonchev–Trinajstić information content (AvgIpc) is 2.47. The Balaban J connectivity index is 1.78. The molecule has 1 N–H and O–H groups in total. The Labute approximate surface area is 115 Å². The van der Waals surface area contributed by atoms with Gasteiger partial charge >= 0.3 is 0 Å². The number of nitrogens with zero attached hydrogens (tertiary/aromatic N) is 1. The van der Waals surface area contributed by atoms with Gasteiger partial charge in [0.15, 0.2) is 0 Å². The summed E-state index contributed by atoms with van der Waals surface area (Å²) in [6, 6.07) is 10.7. The molecule has 2 rings (SSSR count). The topological polar surface area (TPSA) is 49.4 Å². The van der Waals surface area contributed by atoms with Crippen LogP contribution in [-0.2, 0) is 16.6 Å². The number of piperidine rings is 1. The summed E-state index contributed by atoms with van der Waals surface area (Å²) in [5.41, 5.74) is 1.27. The molecule has 106 valence electrons. The minimum atomic E-state index is -3.01. The highest BCUT2D eigenvalue weighted by molar-refractivity contribution is 7.89. The molecule has 1 aliphatic heterocycles. The zero-order valence-electron chi connectivity index (χ0n) is 11.4. The van der Waals surface area contributed by atoms with Gasteiger partial charge in [0.25, 0.3) is 0 Å². The van der Waals surface area contributed by atoms with E-state index in [4.69, 9.17) is 0 Å². The highest BCUT2D eigenvalue weighted by Crippen LogP contribution is 2.14. The summed E-state index contributed by atoms with van der Waals surface area (Å²) in [6.45, 7) is 3.84. The third-order valence-corrected chi connectivity index (χ3v) is 5.53. The van der Waals surface area contributed by atoms with Crippen LogP contribution in [0.3, 0.4) is 0 Å². The Hall–Kier alpha value is -0.910. The quantitative estimate of drug-likeness (QED) is 0.892. The number of hydrogen-bond acceptors (Lipinski definition) is 3. The molecule has 0 atom stereocenters. The van der Waals surface area contributed by atoms with E-state index in [-0.39, 0.29) is 5.75 Å². The Morgan fingerprint density at radius 2 is 1.84 bits per heavy atom. The first-order valence-electron chi connectivity index (χ1n) is 6.87. The van der Waals surface area contributed by atoms with Gasteiger partial charge in [-0.15, -0.1) is 0 Å². The van der Waals surface area contributed by atoms with Crippen molar-refractivity contribution in [1.29, 1.82) is 0 Å². The number of nitrogens with one attached hydrogen (secondary N) is 1. The van der Waals surface area contributed by atoms with Crippen molar-refractivity contribution in [1.82, 2.24) is 9.62 Å². The predicted molar refractivity (Wildman–Crippen MR) is 77.3 cm³/mol. The predicted octanol–water partition coefficient (Wildman–Crippen LogP) is 1.59. The van der Waals surface area contributed by atoms with Crippen LogP contribution >= 0.6 is 0 Å². The average molecular weight is 282 g/mol. The van der Waals surface area contributed by atoms with E-state index in [1.807, 2.05) is 18.2 Å². The fraction of sp³-hybridized carbons (Fsp3) is 0.571. The summed E-state index contributed by atoms with van der Waals surface area (Å²) >= 11 is 0. The molecule has 5 heteroatoms. The van der Waals surface area contributed by atoms with Crippen LogP contribution in [0.25, 0.3) is 0 Å². The third-order valence-electron chi connectivity index (χ3n) is 3.65. The van der Waals surface area contributed by atoms with E-state index in [1.54, 1.807) is 11.2 Å². The maximum absolute atomic E-state index is 11.7. The Morgan fingerprint density at radius 1 is 1.21 bits per heavy atom. The molecule has 4 nitrogen and oxygen atoms in total. The monoisotopic (exact) mass is 282 g/mol. The van der Waals surface area contributed by atoms with Crippen LogP contribution in [0.2, 0.25) is 0 Å². The molecule has 1 fully saturated rings. The number of benzene rings is 1. The Kier molecular flexibility index (Phi) is 4.96. The largest absolute Gasteiger partial charge is 0.310 e. The molecule has 0 unspecified atom stereocenters. The number of hydrogen-bond donors (Lipinski definition) is 1. The first kappa shape index (κ1) is 14.5. The van der Waals surface area contributed by atoms with Crippen molar-refractivity contribution in [2.24, 2.45) is 0 Å². The number of rotatable bonds is 5. The minimum Gasteiger partial charge on any atom is -0.310 e. The van der Waals surface area contributed by atoms with Gasteiger partial charge in [-0.2, -0.15) is 0 Å². The lowest BCUT2D eigenvalue weighted by Crippen LogP contribution is -2.45. The molecule has 1 heterocycles. The molecule has 0 aliphatic carbocycles. The second kappa shape index (κ2) is 6.50. The molecule has 0 amide bonds. The SMILES string of the molecule is CCS(=O)(=O)N1CCC(NCc2ccccc2)CC1. The molecule has 0 aromatic heterocycles. The lowest BCUT2D eigenvalue weighted by molar-refractivity contribution is 0.289. The highest BCUT2D eigenvalue weighted by atomic mass is 32.2. The fourth-order valence-corrected chi connectivity index (χ4v) is 3.51. The maximum atomic E-state index is 11.7. The van der Waals surface area contributed by atoms with Crippen molar-refractivity contribution < 1.29 is 8.42 Å². The summed E-state index contributed by atoms with van der Waals surface area (Å²) in [5.74, 6) is 0.203. The molecular formula is C14H22N2O2S. The van der Waals surface area contributed by atoms with Gasteiger partial charge in [0.1, 0.15) is 0 Å². The Morgan fingerprint density at radius 3 is 2.42 bits per heavy atom. The zero-order chi connectivity index (χ0) is 13.7. The zero-order valence-corrected chi connectivity index (χ0v) is 12.2. The van der Waals surface area contributed by atoms with Crippen LogP contribution < -0.4 is 5.32 Å². The van der Waals surface area contributed by atoms with E-state index in [9.17, 15) is 8.42 Å². The first-order valence-corrected chi connectivity index (χ1v) is 8.48. The minimum absolute atomic E-state index is 0.203. The van der Waals surface area contributed by atoms with E-state index in [0.29, 0.717) is 19.1 Å². The van der Waals surface area contributed by atoms with Gasteiger partial charge in [-0.05, 0) is 25.3 Å². The van der Waals surface area contributed by atoms with E-state index in [0.717, 1.165) is 19.4 Å². The van der Waals surface area contributed by atoms with Gasteiger partial charge in [0, 0.05) is 25.7 Å². The molecular weight excluding hydrogens is 260 g/mol. The standard InChI is InChI=1S/C14H22N2O2S/c1-2-19(17,18)16-10-8-14(9-11-16)15-12-13-6-4-3-5-7-13/h3-7,14-15H,2,8-12H2,1H3.